The Kier molecular flexibility index (Phi) is 6.50. The Bertz CT molecular complexity index is 1020. The van der Waals surface area contributed by atoms with Crippen molar-refractivity contribution in [2.75, 3.05) is 30.4 Å². The summed E-state index contributed by atoms with van der Waals surface area (Å²) in [5, 5.41) is 21.2. The summed E-state index contributed by atoms with van der Waals surface area (Å²) >= 11 is 1.71. The number of nitrogens with zero attached hydrogens (tertiary/aromatic N) is 3. The van der Waals surface area contributed by atoms with Crippen molar-refractivity contribution in [1.29, 1.82) is 0 Å². The number of aliphatic hydroxyl groups is 1. The number of pyridine rings is 1. The van der Waals surface area contributed by atoms with Gasteiger partial charge in [0.2, 0.25) is 0 Å². The molecule has 0 aliphatic carbocycles. The maximum atomic E-state index is 9.66. The van der Waals surface area contributed by atoms with Crippen LogP contribution < -0.4 is 10.6 Å². The van der Waals surface area contributed by atoms with E-state index in [2.05, 4.69) is 47.8 Å². The highest BCUT2D eigenvalue weighted by molar-refractivity contribution is 7.22. The Balaban J connectivity index is 1.72. The molecule has 1 fully saturated rings. The molecule has 0 amide bonds. The van der Waals surface area contributed by atoms with Crippen LogP contribution >= 0.6 is 11.3 Å². The standard InChI is InChI=1S/C23H33N5O2S/c1-15(2)26-20-12-16(24-13-23(3,4)14-29)22-17(27-20)11-19(31-22)18-8-9-25-28(18)21-7-5-6-10-30-21/h8-9,11-12,15,21,29H,5-7,10,13-14H2,1-4H3,(H2,24,26,27). The summed E-state index contributed by atoms with van der Waals surface area (Å²) < 4.78 is 9.10. The highest BCUT2D eigenvalue weighted by Gasteiger charge is 2.22. The van der Waals surface area contributed by atoms with Crippen molar-refractivity contribution in [3.63, 3.8) is 0 Å². The minimum Gasteiger partial charge on any atom is -0.396 e. The third-order valence-corrected chi connectivity index (χ3v) is 6.63. The average molecular weight is 444 g/mol. The number of hydrogen-bond donors (Lipinski definition) is 3. The van der Waals surface area contributed by atoms with Crippen LogP contribution in [0.15, 0.2) is 24.4 Å². The first-order valence-corrected chi connectivity index (χ1v) is 11.9. The fraction of sp³-hybridized carbons (Fsp3) is 0.565. The van der Waals surface area contributed by atoms with Crippen molar-refractivity contribution < 1.29 is 9.84 Å². The number of rotatable bonds is 8. The van der Waals surface area contributed by atoms with Crippen LogP contribution in [-0.2, 0) is 4.74 Å². The molecule has 4 rings (SSSR count). The fourth-order valence-electron chi connectivity index (χ4n) is 3.69. The van der Waals surface area contributed by atoms with Gasteiger partial charge in [0.15, 0.2) is 6.23 Å². The highest BCUT2D eigenvalue weighted by Crippen LogP contribution is 2.39. The van der Waals surface area contributed by atoms with E-state index in [0.717, 1.165) is 58.2 Å². The number of hydrogen-bond acceptors (Lipinski definition) is 7. The zero-order valence-corrected chi connectivity index (χ0v) is 19.6. The molecule has 7 nitrogen and oxygen atoms in total. The zero-order valence-electron chi connectivity index (χ0n) is 18.8. The Labute approximate surface area is 187 Å². The monoisotopic (exact) mass is 443 g/mol. The van der Waals surface area contributed by atoms with Crippen molar-refractivity contribution in [2.45, 2.75) is 59.2 Å². The maximum absolute atomic E-state index is 9.66. The van der Waals surface area contributed by atoms with E-state index < -0.39 is 0 Å². The number of fused-ring (bicyclic) bond motifs is 1. The Morgan fingerprint density at radius 1 is 1.32 bits per heavy atom. The van der Waals surface area contributed by atoms with Gasteiger partial charge in [-0.05, 0) is 45.2 Å². The first-order chi connectivity index (χ1) is 14.9. The van der Waals surface area contributed by atoms with Gasteiger partial charge in [0, 0.05) is 43.5 Å². The van der Waals surface area contributed by atoms with E-state index in [1.54, 1.807) is 11.3 Å². The molecular weight excluding hydrogens is 410 g/mol. The lowest BCUT2D eigenvalue weighted by Crippen LogP contribution is -2.26. The van der Waals surface area contributed by atoms with E-state index in [4.69, 9.17) is 9.72 Å². The molecule has 1 atom stereocenters. The lowest BCUT2D eigenvalue weighted by atomic mass is 9.95. The second kappa shape index (κ2) is 9.14. The summed E-state index contributed by atoms with van der Waals surface area (Å²) in [5.74, 6) is 0.847. The highest BCUT2D eigenvalue weighted by atomic mass is 32.1. The van der Waals surface area contributed by atoms with Crippen LogP contribution in [0.5, 0.6) is 0 Å². The van der Waals surface area contributed by atoms with Crippen LogP contribution in [-0.4, -0.2) is 45.7 Å². The normalized spacial score (nSPS) is 17.4. The van der Waals surface area contributed by atoms with Crippen molar-refractivity contribution >= 4 is 33.1 Å². The molecule has 0 bridgehead atoms. The third-order valence-electron chi connectivity index (χ3n) is 5.45. The zero-order chi connectivity index (χ0) is 22.0. The SMILES string of the molecule is CC(C)Nc1cc(NCC(C)(C)CO)c2sc(-c3ccnn3C3CCCCO3)cc2n1. The third kappa shape index (κ3) is 5.02. The van der Waals surface area contributed by atoms with Crippen LogP contribution in [0.25, 0.3) is 20.8 Å². The van der Waals surface area contributed by atoms with Gasteiger partial charge in [0.05, 0.1) is 26.5 Å². The molecule has 8 heteroatoms. The number of aliphatic hydroxyl groups excluding tert-OH is 1. The summed E-state index contributed by atoms with van der Waals surface area (Å²) in [6, 6.07) is 6.55. The second-order valence-electron chi connectivity index (χ2n) is 9.34. The molecule has 4 heterocycles. The minimum absolute atomic E-state index is 0.00182. The first-order valence-electron chi connectivity index (χ1n) is 11.1. The molecule has 3 N–H and O–H groups in total. The van der Waals surface area contributed by atoms with Crippen LogP contribution in [0, 0.1) is 5.41 Å². The predicted octanol–water partition coefficient (Wildman–Crippen LogP) is 5.11. The quantitative estimate of drug-likeness (QED) is 0.449. The van der Waals surface area contributed by atoms with E-state index in [-0.39, 0.29) is 24.3 Å². The van der Waals surface area contributed by atoms with Gasteiger partial charge < -0.3 is 20.5 Å². The number of thiophene rings is 1. The van der Waals surface area contributed by atoms with Crippen molar-refractivity contribution in [3.05, 3.63) is 24.4 Å². The summed E-state index contributed by atoms with van der Waals surface area (Å²) in [6.45, 7) is 9.90. The van der Waals surface area contributed by atoms with Gasteiger partial charge in [-0.25, -0.2) is 9.67 Å². The molecule has 31 heavy (non-hydrogen) atoms. The Hall–Kier alpha value is -2.16. The van der Waals surface area contributed by atoms with Crippen LogP contribution in [0.4, 0.5) is 11.5 Å². The van der Waals surface area contributed by atoms with Gasteiger partial charge in [-0.1, -0.05) is 13.8 Å². The van der Waals surface area contributed by atoms with Crippen molar-refractivity contribution in [2.24, 2.45) is 5.41 Å². The molecular formula is C23H33N5O2S. The van der Waals surface area contributed by atoms with Gasteiger partial charge in [-0.15, -0.1) is 11.3 Å². The molecule has 0 spiro atoms. The first kappa shape index (κ1) is 22.0. The van der Waals surface area contributed by atoms with Gasteiger partial charge in [0.1, 0.15) is 5.82 Å². The molecule has 0 aromatic carbocycles. The van der Waals surface area contributed by atoms with E-state index in [0.29, 0.717) is 6.54 Å². The van der Waals surface area contributed by atoms with Gasteiger partial charge in [-0.3, -0.25) is 0 Å². The lowest BCUT2D eigenvalue weighted by molar-refractivity contribution is -0.0383. The number of aromatic nitrogens is 3. The molecule has 168 valence electrons. The summed E-state index contributed by atoms with van der Waals surface area (Å²) in [7, 11) is 0. The van der Waals surface area contributed by atoms with Gasteiger partial charge in [0.25, 0.3) is 0 Å². The maximum Gasteiger partial charge on any atom is 0.150 e. The summed E-state index contributed by atoms with van der Waals surface area (Å²) in [5.41, 5.74) is 2.84. The molecule has 1 aliphatic rings. The molecule has 0 radical (unpaired) electrons. The topological polar surface area (TPSA) is 84.2 Å². The summed E-state index contributed by atoms with van der Waals surface area (Å²) in [4.78, 5) is 5.99. The average Bonchev–Trinajstić information content (AvgIpc) is 3.39. The van der Waals surface area contributed by atoms with Crippen LogP contribution in [0.1, 0.15) is 53.2 Å². The van der Waals surface area contributed by atoms with E-state index in [1.807, 2.05) is 24.7 Å². The molecule has 3 aromatic rings. The molecule has 0 saturated carbocycles. The smallest absolute Gasteiger partial charge is 0.150 e. The minimum atomic E-state index is -0.210. The lowest BCUT2D eigenvalue weighted by Gasteiger charge is -2.24. The Morgan fingerprint density at radius 2 is 2.16 bits per heavy atom. The van der Waals surface area contributed by atoms with E-state index in [9.17, 15) is 5.11 Å². The fourth-order valence-corrected chi connectivity index (χ4v) is 4.80. The largest absolute Gasteiger partial charge is 0.396 e. The van der Waals surface area contributed by atoms with Crippen molar-refractivity contribution in [1.82, 2.24) is 14.8 Å². The summed E-state index contributed by atoms with van der Waals surface area (Å²) in [6.07, 6.45) is 5.11. The van der Waals surface area contributed by atoms with Crippen LogP contribution in [0.3, 0.4) is 0 Å². The molecule has 1 aliphatic heterocycles. The molecule has 1 saturated heterocycles. The molecule has 3 aromatic heterocycles. The number of ether oxygens (including phenoxy) is 1. The predicted molar refractivity (Wildman–Crippen MR) is 128 cm³/mol. The van der Waals surface area contributed by atoms with Crippen molar-refractivity contribution in [3.8, 4) is 10.6 Å². The number of nitrogens with one attached hydrogen (secondary N) is 2. The van der Waals surface area contributed by atoms with Crippen LogP contribution in [0.2, 0.25) is 0 Å². The number of anilines is 2. The van der Waals surface area contributed by atoms with Gasteiger partial charge in [-0.2, -0.15) is 5.10 Å². The van der Waals surface area contributed by atoms with E-state index in [1.165, 1.54) is 0 Å². The van der Waals surface area contributed by atoms with E-state index >= 15 is 0 Å². The Morgan fingerprint density at radius 3 is 2.87 bits per heavy atom. The van der Waals surface area contributed by atoms with Gasteiger partial charge >= 0.3 is 0 Å². The second-order valence-corrected chi connectivity index (χ2v) is 10.4. The molecule has 1 unspecified atom stereocenters.